The predicted molar refractivity (Wildman–Crippen MR) is 68.2 cm³/mol. The Morgan fingerprint density at radius 3 is 1.81 bits per heavy atom. The van der Waals surface area contributed by atoms with Crippen molar-refractivity contribution in [2.24, 2.45) is 5.73 Å². The lowest BCUT2D eigenvalue weighted by molar-refractivity contribution is 0.117. The average molecular weight is 326 g/mol. The third kappa shape index (κ3) is 3.02. The molecule has 2 N–H and O–H groups in total. The first kappa shape index (κ1) is 15.7. The zero-order valence-corrected chi connectivity index (χ0v) is 11.5. The number of hydrogen-bond acceptors (Lipinski definition) is 2. The maximum atomic E-state index is 13.5. The van der Waals surface area contributed by atoms with Gasteiger partial charge in [-0.05, 0) is 12.2 Å². The summed E-state index contributed by atoms with van der Waals surface area (Å²) in [4.78, 5) is 1.66. The zero-order valence-electron chi connectivity index (χ0n) is 10.6. The molecule has 9 heteroatoms. The monoisotopic (exact) mass is 326 g/mol. The number of thiocarbonyl (C=S) groups is 1. The van der Waals surface area contributed by atoms with Crippen LogP contribution in [0.1, 0.15) is 12.8 Å². The summed E-state index contributed by atoms with van der Waals surface area (Å²) in [7, 11) is 0. The van der Waals surface area contributed by atoms with Crippen LogP contribution in [0, 0.1) is 29.1 Å². The van der Waals surface area contributed by atoms with E-state index in [1.54, 1.807) is 4.90 Å². The molecule has 0 saturated carbocycles. The second-order valence-corrected chi connectivity index (χ2v) is 4.96. The van der Waals surface area contributed by atoms with Gasteiger partial charge in [-0.1, -0.05) is 0 Å². The van der Waals surface area contributed by atoms with Gasteiger partial charge in [0, 0.05) is 25.9 Å². The van der Waals surface area contributed by atoms with Crippen LogP contribution in [0.2, 0.25) is 0 Å². The van der Waals surface area contributed by atoms with Crippen molar-refractivity contribution in [3.05, 3.63) is 29.1 Å². The summed E-state index contributed by atoms with van der Waals surface area (Å²) in [6, 6.07) is 0. The van der Waals surface area contributed by atoms with Crippen LogP contribution >= 0.6 is 12.2 Å². The van der Waals surface area contributed by atoms with Crippen molar-refractivity contribution < 1.29 is 26.7 Å². The fourth-order valence-electron chi connectivity index (χ4n) is 2.05. The molecule has 1 aliphatic heterocycles. The van der Waals surface area contributed by atoms with Gasteiger partial charge >= 0.3 is 0 Å². The molecule has 1 aromatic rings. The topological polar surface area (TPSA) is 38.5 Å². The van der Waals surface area contributed by atoms with E-state index in [2.05, 4.69) is 0 Å². The predicted octanol–water partition coefficient (Wildman–Crippen LogP) is 2.47. The van der Waals surface area contributed by atoms with Crippen molar-refractivity contribution in [1.29, 1.82) is 0 Å². The Morgan fingerprint density at radius 2 is 1.38 bits per heavy atom. The maximum absolute atomic E-state index is 13.5. The second kappa shape index (κ2) is 6.00. The summed E-state index contributed by atoms with van der Waals surface area (Å²) in [5, 5.41) is 0.185. The van der Waals surface area contributed by atoms with Gasteiger partial charge in [-0.3, -0.25) is 0 Å². The molecule has 0 aromatic heterocycles. The molecule has 0 bridgehead atoms. The average Bonchev–Trinajstić information content (AvgIpc) is 2.48. The van der Waals surface area contributed by atoms with Crippen molar-refractivity contribution in [2.45, 2.75) is 18.9 Å². The van der Waals surface area contributed by atoms with Crippen molar-refractivity contribution in [2.75, 3.05) is 13.1 Å². The summed E-state index contributed by atoms with van der Waals surface area (Å²) >= 11 is 4.78. The van der Waals surface area contributed by atoms with E-state index < -0.39 is 40.9 Å². The number of hydrogen-bond donors (Lipinski definition) is 1. The fourth-order valence-corrected chi connectivity index (χ4v) is 2.23. The molecule has 3 nitrogen and oxygen atoms in total. The van der Waals surface area contributed by atoms with E-state index in [0.29, 0.717) is 25.9 Å². The number of ether oxygens (including phenoxy) is 1. The minimum Gasteiger partial charge on any atom is -0.484 e. The number of likely N-dealkylation sites (tertiary alicyclic amines) is 1. The van der Waals surface area contributed by atoms with Crippen LogP contribution < -0.4 is 10.5 Å². The normalized spacial score (nSPS) is 16.1. The van der Waals surface area contributed by atoms with Gasteiger partial charge in [0.05, 0.1) is 0 Å². The molecule has 1 heterocycles. The van der Waals surface area contributed by atoms with E-state index in [1.807, 2.05) is 0 Å². The van der Waals surface area contributed by atoms with Crippen molar-refractivity contribution >= 4 is 17.3 Å². The van der Waals surface area contributed by atoms with Crippen LogP contribution in [-0.4, -0.2) is 29.2 Å². The molecule has 1 fully saturated rings. The minimum atomic E-state index is -2.21. The molecule has 0 spiro atoms. The summed E-state index contributed by atoms with van der Waals surface area (Å²) in [5.74, 6) is -11.4. The SMILES string of the molecule is NC(=S)N1CCC(Oc2c(F)c(F)c(F)c(F)c2F)CC1. The van der Waals surface area contributed by atoms with Gasteiger partial charge in [-0.25, -0.2) is 13.2 Å². The zero-order chi connectivity index (χ0) is 15.7. The highest BCUT2D eigenvalue weighted by Gasteiger charge is 2.30. The highest BCUT2D eigenvalue weighted by molar-refractivity contribution is 7.80. The van der Waals surface area contributed by atoms with Crippen LogP contribution in [0.4, 0.5) is 22.0 Å². The lowest BCUT2D eigenvalue weighted by Crippen LogP contribution is -2.44. The molecule has 0 amide bonds. The number of nitrogens with zero attached hydrogens (tertiary/aromatic N) is 1. The van der Waals surface area contributed by atoms with E-state index in [-0.39, 0.29) is 5.11 Å². The Labute approximate surface area is 122 Å². The Balaban J connectivity index is 2.16. The molecule has 1 aromatic carbocycles. The largest absolute Gasteiger partial charge is 0.484 e. The quantitative estimate of drug-likeness (QED) is 0.392. The first-order valence-corrected chi connectivity index (χ1v) is 6.46. The van der Waals surface area contributed by atoms with Crippen LogP contribution in [-0.2, 0) is 0 Å². The molecule has 1 aliphatic rings. The van der Waals surface area contributed by atoms with Crippen molar-refractivity contribution in [1.82, 2.24) is 4.90 Å². The molecule has 1 saturated heterocycles. The molecular formula is C12H11F5N2OS. The molecule has 116 valence electrons. The van der Waals surface area contributed by atoms with Gasteiger partial charge in [0.25, 0.3) is 0 Å². The van der Waals surface area contributed by atoms with E-state index in [9.17, 15) is 22.0 Å². The second-order valence-electron chi connectivity index (χ2n) is 4.54. The first-order chi connectivity index (χ1) is 9.82. The molecule has 0 atom stereocenters. The highest BCUT2D eigenvalue weighted by Crippen LogP contribution is 2.31. The minimum absolute atomic E-state index is 0.185. The van der Waals surface area contributed by atoms with E-state index >= 15 is 0 Å². The van der Waals surface area contributed by atoms with Gasteiger partial charge in [-0.2, -0.15) is 8.78 Å². The Morgan fingerprint density at radius 1 is 0.952 bits per heavy atom. The Kier molecular flexibility index (Phi) is 4.50. The molecule has 2 rings (SSSR count). The standard InChI is InChI=1S/C12H11F5N2OS/c13-6-7(14)9(16)11(10(17)8(6)15)20-5-1-3-19(4-2-5)12(18)21/h5H,1-4H2,(H2,18,21). The molecular weight excluding hydrogens is 315 g/mol. The summed E-state index contributed by atoms with van der Waals surface area (Å²) in [6.07, 6.45) is -0.0721. The van der Waals surface area contributed by atoms with Gasteiger partial charge < -0.3 is 15.4 Å². The molecule has 0 aliphatic carbocycles. The van der Waals surface area contributed by atoms with Crippen LogP contribution in [0.3, 0.4) is 0 Å². The van der Waals surface area contributed by atoms with Crippen LogP contribution in [0.5, 0.6) is 5.75 Å². The van der Waals surface area contributed by atoms with Crippen molar-refractivity contribution in [3.63, 3.8) is 0 Å². The van der Waals surface area contributed by atoms with E-state index in [0.717, 1.165) is 0 Å². The lowest BCUT2D eigenvalue weighted by Gasteiger charge is -2.32. The molecule has 0 unspecified atom stereocenters. The third-order valence-electron chi connectivity index (χ3n) is 3.21. The molecule has 21 heavy (non-hydrogen) atoms. The van der Waals surface area contributed by atoms with Crippen LogP contribution in [0.15, 0.2) is 0 Å². The summed E-state index contributed by atoms with van der Waals surface area (Å²) in [5.41, 5.74) is 5.43. The van der Waals surface area contributed by atoms with Gasteiger partial charge in [0.2, 0.25) is 29.1 Å². The number of rotatable bonds is 2. The highest BCUT2D eigenvalue weighted by atomic mass is 32.1. The summed E-state index contributed by atoms with van der Waals surface area (Å²) in [6.45, 7) is 0.769. The van der Waals surface area contributed by atoms with Gasteiger partial charge in [0.1, 0.15) is 6.10 Å². The molecule has 0 radical (unpaired) electrons. The van der Waals surface area contributed by atoms with Gasteiger partial charge in [0.15, 0.2) is 10.9 Å². The lowest BCUT2D eigenvalue weighted by atomic mass is 10.1. The first-order valence-electron chi connectivity index (χ1n) is 6.05. The van der Waals surface area contributed by atoms with Crippen molar-refractivity contribution in [3.8, 4) is 5.75 Å². The number of benzene rings is 1. The Hall–Kier alpha value is -1.64. The van der Waals surface area contributed by atoms with E-state index in [4.69, 9.17) is 22.7 Å². The maximum Gasteiger partial charge on any atom is 0.207 e. The Bertz CT molecular complexity index is 546. The summed E-state index contributed by atoms with van der Waals surface area (Å²) < 4.78 is 70.9. The van der Waals surface area contributed by atoms with E-state index in [1.165, 1.54) is 0 Å². The number of nitrogens with two attached hydrogens (primary N) is 1. The van der Waals surface area contributed by atoms with Gasteiger partial charge in [-0.15, -0.1) is 0 Å². The fraction of sp³-hybridized carbons (Fsp3) is 0.417. The smallest absolute Gasteiger partial charge is 0.207 e. The number of piperidine rings is 1. The third-order valence-corrected chi connectivity index (χ3v) is 3.47. The van der Waals surface area contributed by atoms with Crippen LogP contribution in [0.25, 0.3) is 0 Å². The number of halogens is 5.